The molecule has 2 aromatic carbocycles. The fraction of sp³-hybridized carbons (Fsp3) is 0.278. The fourth-order valence-electron chi connectivity index (χ4n) is 2.07. The van der Waals surface area contributed by atoms with Crippen LogP contribution in [0.3, 0.4) is 0 Å². The molecule has 0 aliphatic heterocycles. The van der Waals surface area contributed by atoms with Gasteiger partial charge in [-0.3, -0.25) is 0 Å². The monoisotopic (exact) mass is 393 g/mol. The molecule has 0 heterocycles. The number of benzene rings is 2. The van der Waals surface area contributed by atoms with Crippen molar-refractivity contribution >= 4 is 27.8 Å². The van der Waals surface area contributed by atoms with Crippen molar-refractivity contribution in [1.29, 1.82) is 0 Å². The van der Waals surface area contributed by atoms with Gasteiger partial charge in [0.1, 0.15) is 0 Å². The Morgan fingerprint density at radius 2 is 1.58 bits per heavy atom. The molecule has 2 aromatic rings. The van der Waals surface area contributed by atoms with E-state index >= 15 is 0 Å². The summed E-state index contributed by atoms with van der Waals surface area (Å²) in [6, 6.07) is 16.2. The summed E-state index contributed by atoms with van der Waals surface area (Å²) in [5, 5.41) is 5.37. The molecule has 0 saturated heterocycles. The van der Waals surface area contributed by atoms with Crippen molar-refractivity contribution in [3.8, 4) is 0 Å². The molecule has 2 rings (SSSR count). The highest BCUT2D eigenvalue weighted by Crippen LogP contribution is 2.15. The largest absolute Gasteiger partial charge is 0.337 e. The van der Waals surface area contributed by atoms with Gasteiger partial charge < -0.3 is 10.6 Å². The van der Waals surface area contributed by atoms with Crippen LogP contribution in [-0.4, -0.2) is 39.8 Å². The Kier molecular flexibility index (Phi) is 7.96. The average Bonchev–Trinajstić information content (AvgIpc) is 2.64. The molecule has 0 unspecified atom stereocenters. The standard InChI is InChI=1S/C18H23N3O3S2/c1-15-7-9-17(10-8-15)26(23,24)21-12-11-19-18(22)20-13-14-25-16-5-3-2-4-6-16/h2-10,21H,11-14H2,1H3,(H2,19,20,22). The van der Waals surface area contributed by atoms with Crippen LogP contribution in [0.4, 0.5) is 4.79 Å². The Morgan fingerprint density at radius 3 is 2.27 bits per heavy atom. The third-order valence-corrected chi connectivity index (χ3v) is 5.92. The van der Waals surface area contributed by atoms with E-state index in [1.165, 1.54) is 0 Å². The number of carbonyl (C=O) groups excluding carboxylic acids is 1. The highest BCUT2D eigenvalue weighted by atomic mass is 32.2. The van der Waals surface area contributed by atoms with Crippen LogP contribution >= 0.6 is 11.8 Å². The molecular weight excluding hydrogens is 370 g/mol. The zero-order valence-electron chi connectivity index (χ0n) is 14.6. The smallest absolute Gasteiger partial charge is 0.314 e. The molecule has 6 nitrogen and oxygen atoms in total. The van der Waals surface area contributed by atoms with Crippen LogP contribution in [0.5, 0.6) is 0 Å². The molecule has 140 valence electrons. The van der Waals surface area contributed by atoms with Crippen molar-refractivity contribution in [3.05, 3.63) is 60.2 Å². The number of thioether (sulfide) groups is 1. The minimum atomic E-state index is -3.55. The van der Waals surface area contributed by atoms with E-state index in [1.807, 2.05) is 37.3 Å². The van der Waals surface area contributed by atoms with Crippen LogP contribution < -0.4 is 15.4 Å². The van der Waals surface area contributed by atoms with E-state index in [0.717, 1.165) is 16.2 Å². The molecule has 26 heavy (non-hydrogen) atoms. The first kappa shape index (κ1) is 20.3. The van der Waals surface area contributed by atoms with E-state index in [1.54, 1.807) is 36.0 Å². The molecule has 0 bridgehead atoms. The number of aryl methyl sites for hydroxylation is 1. The molecule has 0 fully saturated rings. The molecule has 0 aliphatic carbocycles. The average molecular weight is 394 g/mol. The lowest BCUT2D eigenvalue weighted by Crippen LogP contribution is -2.40. The summed E-state index contributed by atoms with van der Waals surface area (Å²) in [4.78, 5) is 13.0. The second-order valence-corrected chi connectivity index (χ2v) is 8.49. The maximum atomic E-state index is 12.1. The van der Waals surface area contributed by atoms with Gasteiger partial charge in [0.05, 0.1) is 4.90 Å². The van der Waals surface area contributed by atoms with Crippen molar-refractivity contribution < 1.29 is 13.2 Å². The number of rotatable bonds is 9. The third-order valence-electron chi connectivity index (χ3n) is 3.43. The van der Waals surface area contributed by atoms with Gasteiger partial charge in [0.15, 0.2) is 0 Å². The number of nitrogens with one attached hydrogen (secondary N) is 3. The van der Waals surface area contributed by atoms with E-state index in [2.05, 4.69) is 15.4 Å². The lowest BCUT2D eigenvalue weighted by molar-refractivity contribution is 0.241. The van der Waals surface area contributed by atoms with Crippen LogP contribution in [-0.2, 0) is 10.0 Å². The first-order chi connectivity index (χ1) is 12.5. The third kappa shape index (κ3) is 7.07. The first-order valence-corrected chi connectivity index (χ1v) is 10.7. The fourth-order valence-corrected chi connectivity index (χ4v) is 3.90. The molecule has 2 amide bonds. The number of hydrogen-bond acceptors (Lipinski definition) is 4. The number of sulfonamides is 1. The van der Waals surface area contributed by atoms with Crippen molar-refractivity contribution in [2.75, 3.05) is 25.4 Å². The van der Waals surface area contributed by atoms with Crippen molar-refractivity contribution in [2.45, 2.75) is 16.7 Å². The summed E-state index contributed by atoms with van der Waals surface area (Å²) < 4.78 is 26.6. The molecule has 0 aliphatic rings. The van der Waals surface area contributed by atoms with E-state index < -0.39 is 10.0 Å². The van der Waals surface area contributed by atoms with Crippen molar-refractivity contribution in [2.24, 2.45) is 0 Å². The minimum Gasteiger partial charge on any atom is -0.337 e. The summed E-state index contributed by atoms with van der Waals surface area (Å²) >= 11 is 1.66. The van der Waals surface area contributed by atoms with Gasteiger partial charge in [-0.2, -0.15) is 0 Å². The topological polar surface area (TPSA) is 87.3 Å². The van der Waals surface area contributed by atoms with Gasteiger partial charge >= 0.3 is 6.03 Å². The van der Waals surface area contributed by atoms with Gasteiger partial charge in [0.2, 0.25) is 10.0 Å². The molecule has 0 saturated carbocycles. The number of carbonyl (C=O) groups is 1. The van der Waals surface area contributed by atoms with Crippen LogP contribution in [0.25, 0.3) is 0 Å². The predicted molar refractivity (Wildman–Crippen MR) is 105 cm³/mol. The SMILES string of the molecule is Cc1ccc(S(=O)(=O)NCCNC(=O)NCCSc2ccccc2)cc1. The highest BCUT2D eigenvalue weighted by molar-refractivity contribution is 7.99. The summed E-state index contributed by atoms with van der Waals surface area (Å²) in [6.45, 7) is 2.76. The maximum Gasteiger partial charge on any atom is 0.314 e. The predicted octanol–water partition coefficient (Wildman–Crippen LogP) is 2.36. The summed E-state index contributed by atoms with van der Waals surface area (Å²) in [5.74, 6) is 0.761. The van der Waals surface area contributed by atoms with Crippen LogP contribution in [0.15, 0.2) is 64.4 Å². The molecule has 0 radical (unpaired) electrons. The van der Waals surface area contributed by atoms with Crippen molar-refractivity contribution in [3.63, 3.8) is 0 Å². The molecule has 0 aromatic heterocycles. The second-order valence-electron chi connectivity index (χ2n) is 5.56. The van der Waals surface area contributed by atoms with Gasteiger partial charge in [-0.25, -0.2) is 17.9 Å². The summed E-state index contributed by atoms with van der Waals surface area (Å²) in [5.41, 5.74) is 0.993. The lowest BCUT2D eigenvalue weighted by atomic mass is 10.2. The van der Waals surface area contributed by atoms with Gasteiger partial charge in [0, 0.05) is 30.3 Å². The van der Waals surface area contributed by atoms with Gasteiger partial charge in [-0.1, -0.05) is 35.9 Å². The highest BCUT2D eigenvalue weighted by Gasteiger charge is 2.12. The lowest BCUT2D eigenvalue weighted by Gasteiger charge is -2.09. The normalized spacial score (nSPS) is 11.1. The summed E-state index contributed by atoms with van der Waals surface area (Å²) in [7, 11) is -3.55. The van der Waals surface area contributed by atoms with Gasteiger partial charge in [-0.05, 0) is 31.2 Å². The van der Waals surface area contributed by atoms with E-state index in [0.29, 0.717) is 6.54 Å². The maximum absolute atomic E-state index is 12.1. The van der Waals surface area contributed by atoms with E-state index in [-0.39, 0.29) is 24.0 Å². The Morgan fingerprint density at radius 1 is 0.923 bits per heavy atom. The Balaban J connectivity index is 1.60. The number of urea groups is 1. The van der Waals surface area contributed by atoms with Gasteiger partial charge in [0.25, 0.3) is 0 Å². The van der Waals surface area contributed by atoms with E-state index in [4.69, 9.17) is 0 Å². The molecule has 0 atom stereocenters. The van der Waals surface area contributed by atoms with Crippen molar-refractivity contribution in [1.82, 2.24) is 15.4 Å². The van der Waals surface area contributed by atoms with Crippen LogP contribution in [0, 0.1) is 6.92 Å². The molecule has 8 heteroatoms. The van der Waals surface area contributed by atoms with Gasteiger partial charge in [-0.15, -0.1) is 11.8 Å². The Hall–Kier alpha value is -2.03. The van der Waals surface area contributed by atoms with Crippen LogP contribution in [0.2, 0.25) is 0 Å². The molecule has 0 spiro atoms. The number of hydrogen-bond donors (Lipinski definition) is 3. The quantitative estimate of drug-likeness (QED) is 0.451. The second kappa shape index (κ2) is 10.2. The van der Waals surface area contributed by atoms with E-state index in [9.17, 15) is 13.2 Å². The Labute approximate surface area is 158 Å². The zero-order chi connectivity index (χ0) is 18.8. The zero-order valence-corrected chi connectivity index (χ0v) is 16.2. The molecule has 3 N–H and O–H groups in total. The summed E-state index contributed by atoms with van der Waals surface area (Å²) in [6.07, 6.45) is 0. The van der Waals surface area contributed by atoms with Crippen LogP contribution in [0.1, 0.15) is 5.56 Å². The first-order valence-electron chi connectivity index (χ1n) is 8.23. The Bertz CT molecular complexity index is 794. The minimum absolute atomic E-state index is 0.127. The number of amides is 2. The molecular formula is C18H23N3O3S2.